The van der Waals surface area contributed by atoms with Crippen LogP contribution in [0.25, 0.3) is 11.0 Å². The maximum atomic E-state index is 12.7. The topological polar surface area (TPSA) is 102 Å². The third-order valence-corrected chi connectivity index (χ3v) is 5.45. The quantitative estimate of drug-likeness (QED) is 0.705. The van der Waals surface area contributed by atoms with Crippen molar-refractivity contribution in [2.75, 3.05) is 5.32 Å². The van der Waals surface area contributed by atoms with Crippen LogP contribution >= 0.6 is 11.6 Å². The Balaban J connectivity index is 2.03. The number of halogens is 1. The van der Waals surface area contributed by atoms with E-state index in [1.807, 2.05) is 0 Å². The lowest BCUT2D eigenvalue weighted by molar-refractivity contribution is 0.0997. The molecule has 0 atom stereocenters. The first-order valence-corrected chi connectivity index (χ1v) is 9.64. The summed E-state index contributed by atoms with van der Waals surface area (Å²) in [6.45, 7) is 5.28. The van der Waals surface area contributed by atoms with Crippen LogP contribution in [0, 0.1) is 20.8 Å². The summed E-state index contributed by atoms with van der Waals surface area (Å²) >= 11 is 6.00. The summed E-state index contributed by atoms with van der Waals surface area (Å²) in [6, 6.07) is 7.90. The summed E-state index contributed by atoms with van der Waals surface area (Å²) in [5.41, 5.74) is 2.99. The highest BCUT2D eigenvalue weighted by atomic mass is 35.5. The molecule has 0 spiro atoms. The van der Waals surface area contributed by atoms with Gasteiger partial charge in [0.05, 0.1) is 4.90 Å². The van der Waals surface area contributed by atoms with Crippen LogP contribution in [0.2, 0.25) is 5.02 Å². The minimum absolute atomic E-state index is 0.0657. The SMILES string of the molecule is Cc1cc(S(N)(=O)=O)cc(NC(=O)c2oc3ccc(Cl)cc3c2C)c1C. The van der Waals surface area contributed by atoms with Crippen molar-refractivity contribution in [1.82, 2.24) is 0 Å². The van der Waals surface area contributed by atoms with E-state index in [0.717, 1.165) is 10.9 Å². The number of sulfonamides is 1. The van der Waals surface area contributed by atoms with Gasteiger partial charge in [-0.15, -0.1) is 0 Å². The summed E-state index contributed by atoms with van der Waals surface area (Å²) in [5, 5.41) is 9.20. The van der Waals surface area contributed by atoms with Gasteiger partial charge in [-0.25, -0.2) is 13.6 Å². The molecule has 6 nitrogen and oxygen atoms in total. The number of furan rings is 1. The molecule has 0 saturated carbocycles. The lowest BCUT2D eigenvalue weighted by Gasteiger charge is -2.12. The zero-order valence-corrected chi connectivity index (χ0v) is 16.0. The van der Waals surface area contributed by atoms with Crippen LogP contribution < -0.4 is 10.5 Å². The van der Waals surface area contributed by atoms with Gasteiger partial charge in [0, 0.05) is 21.7 Å². The lowest BCUT2D eigenvalue weighted by Crippen LogP contribution is -2.16. The molecule has 26 heavy (non-hydrogen) atoms. The molecule has 0 aliphatic heterocycles. The average Bonchev–Trinajstić information content (AvgIpc) is 2.87. The van der Waals surface area contributed by atoms with E-state index >= 15 is 0 Å². The Hall–Kier alpha value is -2.35. The number of hydrogen-bond acceptors (Lipinski definition) is 4. The molecule has 0 fully saturated rings. The van der Waals surface area contributed by atoms with Gasteiger partial charge in [-0.05, 0) is 62.2 Å². The van der Waals surface area contributed by atoms with Crippen molar-refractivity contribution in [3.63, 3.8) is 0 Å². The monoisotopic (exact) mass is 392 g/mol. The van der Waals surface area contributed by atoms with Crippen molar-refractivity contribution < 1.29 is 17.6 Å². The molecule has 0 aliphatic rings. The fraction of sp³-hybridized carbons (Fsp3) is 0.167. The number of primary sulfonamides is 1. The van der Waals surface area contributed by atoms with Gasteiger partial charge in [0.25, 0.3) is 5.91 Å². The van der Waals surface area contributed by atoms with E-state index in [-0.39, 0.29) is 10.7 Å². The minimum Gasteiger partial charge on any atom is -0.451 e. The van der Waals surface area contributed by atoms with Gasteiger partial charge in [-0.2, -0.15) is 0 Å². The van der Waals surface area contributed by atoms with Gasteiger partial charge in [0.15, 0.2) is 5.76 Å². The van der Waals surface area contributed by atoms with Gasteiger partial charge in [-0.1, -0.05) is 11.6 Å². The van der Waals surface area contributed by atoms with Crippen LogP contribution in [-0.4, -0.2) is 14.3 Å². The molecule has 1 aromatic heterocycles. The molecule has 0 aliphatic carbocycles. The van der Waals surface area contributed by atoms with Crippen LogP contribution in [0.15, 0.2) is 39.6 Å². The van der Waals surface area contributed by atoms with E-state index < -0.39 is 15.9 Å². The molecule has 3 rings (SSSR count). The summed E-state index contributed by atoms with van der Waals surface area (Å²) in [5.74, 6) is -0.343. The van der Waals surface area contributed by atoms with Crippen molar-refractivity contribution in [2.24, 2.45) is 5.14 Å². The molecule has 0 bridgehead atoms. The van der Waals surface area contributed by atoms with Crippen molar-refractivity contribution in [3.8, 4) is 0 Å². The molecule has 3 aromatic rings. The number of hydrogen-bond donors (Lipinski definition) is 2. The van der Waals surface area contributed by atoms with Gasteiger partial charge >= 0.3 is 0 Å². The van der Waals surface area contributed by atoms with Gasteiger partial charge in [0.2, 0.25) is 10.0 Å². The highest BCUT2D eigenvalue weighted by molar-refractivity contribution is 7.89. The zero-order valence-electron chi connectivity index (χ0n) is 14.4. The summed E-state index contributed by atoms with van der Waals surface area (Å²) in [6.07, 6.45) is 0. The molecule has 2 aromatic carbocycles. The maximum Gasteiger partial charge on any atom is 0.291 e. The third kappa shape index (κ3) is 3.33. The molecule has 136 valence electrons. The fourth-order valence-corrected chi connectivity index (χ4v) is 3.50. The molecule has 0 unspecified atom stereocenters. The predicted molar refractivity (Wildman–Crippen MR) is 101 cm³/mol. The number of amides is 1. The van der Waals surface area contributed by atoms with Crippen LogP contribution in [0.4, 0.5) is 5.69 Å². The standard InChI is InChI=1S/C18H17ClN2O4S/c1-9-6-13(26(20,23)24)8-15(10(9)2)21-18(22)17-11(3)14-7-12(19)4-5-16(14)25-17/h4-8H,1-3H3,(H,21,22)(H2,20,23,24). The lowest BCUT2D eigenvalue weighted by atomic mass is 10.1. The minimum atomic E-state index is -3.89. The number of fused-ring (bicyclic) bond motifs is 1. The number of rotatable bonds is 3. The zero-order chi connectivity index (χ0) is 19.2. The van der Waals surface area contributed by atoms with Crippen molar-refractivity contribution >= 4 is 44.2 Å². The van der Waals surface area contributed by atoms with E-state index in [0.29, 0.717) is 27.4 Å². The second kappa shape index (κ2) is 6.42. The van der Waals surface area contributed by atoms with E-state index in [4.69, 9.17) is 21.2 Å². The first-order chi connectivity index (χ1) is 12.1. The van der Waals surface area contributed by atoms with Crippen LogP contribution in [0.3, 0.4) is 0 Å². The van der Waals surface area contributed by atoms with E-state index in [1.165, 1.54) is 12.1 Å². The Labute approximate surface area is 156 Å². The predicted octanol–water partition coefficient (Wildman–Crippen LogP) is 3.91. The molecule has 0 radical (unpaired) electrons. The molecule has 8 heteroatoms. The first kappa shape index (κ1) is 18.4. The number of nitrogens with two attached hydrogens (primary N) is 1. The van der Waals surface area contributed by atoms with Crippen LogP contribution in [0.5, 0.6) is 0 Å². The van der Waals surface area contributed by atoms with Crippen molar-refractivity contribution in [3.05, 3.63) is 57.8 Å². The third-order valence-electron chi connectivity index (χ3n) is 4.32. The summed E-state index contributed by atoms with van der Waals surface area (Å²) in [4.78, 5) is 12.6. The molecular weight excluding hydrogens is 376 g/mol. The number of benzene rings is 2. The maximum absolute atomic E-state index is 12.7. The second-order valence-electron chi connectivity index (χ2n) is 6.11. The highest BCUT2D eigenvalue weighted by Gasteiger charge is 2.20. The highest BCUT2D eigenvalue weighted by Crippen LogP contribution is 2.29. The smallest absolute Gasteiger partial charge is 0.291 e. The van der Waals surface area contributed by atoms with Gasteiger partial charge < -0.3 is 9.73 Å². The Bertz CT molecular complexity index is 1150. The normalized spacial score (nSPS) is 11.7. The molecular formula is C18H17ClN2O4S. The largest absolute Gasteiger partial charge is 0.451 e. The van der Waals surface area contributed by atoms with Crippen LogP contribution in [0.1, 0.15) is 27.2 Å². The Morgan fingerprint density at radius 2 is 1.81 bits per heavy atom. The number of carbonyl (C=O) groups is 1. The Kier molecular flexibility index (Phi) is 4.56. The van der Waals surface area contributed by atoms with Crippen molar-refractivity contribution in [2.45, 2.75) is 25.7 Å². The average molecular weight is 393 g/mol. The van der Waals surface area contributed by atoms with E-state index in [9.17, 15) is 13.2 Å². The molecule has 1 amide bonds. The first-order valence-electron chi connectivity index (χ1n) is 7.72. The van der Waals surface area contributed by atoms with Gasteiger partial charge in [-0.3, -0.25) is 4.79 Å². The fourth-order valence-electron chi connectivity index (χ4n) is 2.71. The molecule has 3 N–H and O–H groups in total. The molecule has 1 heterocycles. The van der Waals surface area contributed by atoms with E-state index in [1.54, 1.807) is 39.0 Å². The summed E-state index contributed by atoms with van der Waals surface area (Å²) in [7, 11) is -3.89. The van der Waals surface area contributed by atoms with Gasteiger partial charge in [0.1, 0.15) is 5.58 Å². The molecule has 0 saturated heterocycles. The van der Waals surface area contributed by atoms with E-state index in [2.05, 4.69) is 5.32 Å². The Morgan fingerprint density at radius 1 is 1.12 bits per heavy atom. The number of aryl methyl sites for hydroxylation is 2. The van der Waals surface area contributed by atoms with Crippen LogP contribution in [-0.2, 0) is 10.0 Å². The number of nitrogens with one attached hydrogen (secondary N) is 1. The summed E-state index contributed by atoms with van der Waals surface area (Å²) < 4.78 is 28.9. The second-order valence-corrected chi connectivity index (χ2v) is 8.11. The van der Waals surface area contributed by atoms with Crippen molar-refractivity contribution in [1.29, 1.82) is 0 Å². The number of anilines is 1. The Morgan fingerprint density at radius 3 is 2.46 bits per heavy atom. The number of carbonyl (C=O) groups excluding carboxylic acids is 1.